The van der Waals surface area contributed by atoms with Crippen molar-refractivity contribution in [2.75, 3.05) is 12.3 Å². The summed E-state index contributed by atoms with van der Waals surface area (Å²) < 4.78 is 29.3. The van der Waals surface area contributed by atoms with Crippen LogP contribution in [-0.4, -0.2) is 32.8 Å². The fraction of sp³-hybridized carbons (Fsp3) is 0.786. The third-order valence-corrected chi connectivity index (χ3v) is 4.84. The van der Waals surface area contributed by atoms with E-state index in [0.717, 1.165) is 37.7 Å². The van der Waals surface area contributed by atoms with E-state index >= 15 is 0 Å². The van der Waals surface area contributed by atoms with Gasteiger partial charge in [0.25, 0.3) is 10.1 Å². The molecule has 0 saturated heterocycles. The first-order valence-electron chi connectivity index (χ1n) is 7.55. The van der Waals surface area contributed by atoms with E-state index < -0.39 is 10.1 Å². The molecule has 0 aromatic carbocycles. The molecule has 0 heterocycles. The zero-order valence-corrected chi connectivity index (χ0v) is 13.4. The molecule has 1 atom stereocenters. The number of nitrogens with two attached hydrogens (primary N) is 2. The summed E-state index contributed by atoms with van der Waals surface area (Å²) in [5.74, 6) is -0.105. The lowest BCUT2D eigenvalue weighted by Crippen LogP contribution is -2.24. The highest BCUT2D eigenvalue weighted by atomic mass is 32.2. The number of hydrogen-bond acceptors (Lipinski definition) is 4. The summed E-state index contributed by atoms with van der Waals surface area (Å²) >= 11 is 0. The lowest BCUT2D eigenvalue weighted by molar-refractivity contribution is 0.226. The van der Waals surface area contributed by atoms with Crippen LogP contribution in [0.2, 0.25) is 0 Å². The minimum atomic E-state index is -3.56. The molecule has 0 bridgehead atoms. The fourth-order valence-electron chi connectivity index (χ4n) is 2.37. The van der Waals surface area contributed by atoms with Crippen molar-refractivity contribution in [1.82, 2.24) is 0 Å². The summed E-state index contributed by atoms with van der Waals surface area (Å²) in [6, 6.07) is 0. The van der Waals surface area contributed by atoms with Gasteiger partial charge in [0.15, 0.2) is 5.96 Å². The zero-order chi connectivity index (χ0) is 15.7. The van der Waals surface area contributed by atoms with Crippen LogP contribution in [0.5, 0.6) is 0 Å². The Morgan fingerprint density at radius 1 is 1.24 bits per heavy atom. The highest BCUT2D eigenvalue weighted by molar-refractivity contribution is 7.86. The van der Waals surface area contributed by atoms with E-state index in [4.69, 9.17) is 15.7 Å². The average molecular weight is 317 g/mol. The normalized spacial score (nSPS) is 21.1. The molecule has 0 aliphatic heterocycles. The molecule has 0 amide bonds. The molecular weight excluding hydrogens is 290 g/mol. The topological polar surface area (TPSA) is 108 Å². The van der Waals surface area contributed by atoms with E-state index in [0.29, 0.717) is 6.42 Å². The number of nitrogens with zero attached hydrogens (tertiary/aromatic N) is 1. The van der Waals surface area contributed by atoms with Crippen molar-refractivity contribution in [3.8, 4) is 0 Å². The van der Waals surface area contributed by atoms with E-state index in [1.807, 2.05) is 0 Å². The standard InChI is InChI=1S/C14H27N3O3S/c1-12-8-5-3-2-4-6-9-13(12)20-21(18,19)11-7-10-17-14(15)16/h13H,1-11H2,(H4,15,16,17). The second kappa shape index (κ2) is 9.04. The highest BCUT2D eigenvalue weighted by Gasteiger charge is 2.22. The SMILES string of the molecule is C=C1CCCCCCCC1OS(=O)(=O)CCCN=C(N)N. The van der Waals surface area contributed by atoms with Gasteiger partial charge in [-0.15, -0.1) is 0 Å². The van der Waals surface area contributed by atoms with Crippen molar-refractivity contribution < 1.29 is 12.6 Å². The monoisotopic (exact) mass is 317 g/mol. The molecule has 1 rings (SSSR count). The van der Waals surface area contributed by atoms with Crippen LogP contribution >= 0.6 is 0 Å². The summed E-state index contributed by atoms with van der Waals surface area (Å²) in [6.45, 7) is 4.29. The number of aliphatic imine (C=N–C) groups is 1. The fourth-order valence-corrected chi connectivity index (χ4v) is 3.53. The predicted molar refractivity (Wildman–Crippen MR) is 85.4 cm³/mol. The van der Waals surface area contributed by atoms with Gasteiger partial charge in [0, 0.05) is 6.54 Å². The maximum atomic E-state index is 12.0. The van der Waals surface area contributed by atoms with Crippen LogP contribution in [0.4, 0.5) is 0 Å². The van der Waals surface area contributed by atoms with Gasteiger partial charge in [-0.05, 0) is 31.3 Å². The van der Waals surface area contributed by atoms with Crippen LogP contribution in [0, 0.1) is 0 Å². The summed E-state index contributed by atoms with van der Waals surface area (Å²) in [5.41, 5.74) is 11.3. The minimum absolute atomic E-state index is 0.0297. The van der Waals surface area contributed by atoms with Gasteiger partial charge >= 0.3 is 0 Å². The summed E-state index contributed by atoms with van der Waals surface area (Å²) in [6.07, 6.45) is 7.08. The Balaban J connectivity index is 2.50. The maximum absolute atomic E-state index is 12.0. The van der Waals surface area contributed by atoms with Crippen LogP contribution < -0.4 is 11.5 Å². The second-order valence-electron chi connectivity index (χ2n) is 5.47. The average Bonchev–Trinajstić information content (AvgIpc) is 2.49. The number of hydrogen-bond donors (Lipinski definition) is 2. The van der Waals surface area contributed by atoms with E-state index in [9.17, 15) is 8.42 Å². The largest absolute Gasteiger partial charge is 0.370 e. The summed E-state index contributed by atoms with van der Waals surface area (Å²) in [5, 5.41) is 0. The summed E-state index contributed by atoms with van der Waals surface area (Å²) in [7, 11) is -3.56. The summed E-state index contributed by atoms with van der Waals surface area (Å²) in [4.78, 5) is 3.76. The van der Waals surface area contributed by atoms with Crippen LogP contribution in [0.15, 0.2) is 17.1 Å². The first-order valence-corrected chi connectivity index (χ1v) is 9.12. The predicted octanol–water partition coefficient (Wildman–Crippen LogP) is 1.67. The molecule has 1 aliphatic rings. The molecule has 1 aliphatic carbocycles. The van der Waals surface area contributed by atoms with Crippen LogP contribution in [-0.2, 0) is 14.3 Å². The van der Waals surface area contributed by atoms with Crippen LogP contribution in [0.25, 0.3) is 0 Å². The Morgan fingerprint density at radius 3 is 2.62 bits per heavy atom. The first-order chi connectivity index (χ1) is 9.91. The van der Waals surface area contributed by atoms with Crippen molar-refractivity contribution in [1.29, 1.82) is 0 Å². The van der Waals surface area contributed by atoms with Gasteiger partial charge in [-0.3, -0.25) is 9.18 Å². The van der Waals surface area contributed by atoms with Gasteiger partial charge in [-0.1, -0.05) is 32.3 Å². The molecule has 1 unspecified atom stereocenters. The molecule has 122 valence electrons. The quantitative estimate of drug-likeness (QED) is 0.255. The van der Waals surface area contributed by atoms with Gasteiger partial charge in [-0.2, -0.15) is 8.42 Å². The lowest BCUT2D eigenvalue weighted by Gasteiger charge is -2.19. The molecule has 0 aromatic rings. The highest BCUT2D eigenvalue weighted by Crippen LogP contribution is 2.24. The van der Waals surface area contributed by atoms with Crippen molar-refractivity contribution in [3.63, 3.8) is 0 Å². The Labute approximate surface area is 127 Å². The van der Waals surface area contributed by atoms with Gasteiger partial charge in [-0.25, -0.2) is 0 Å². The van der Waals surface area contributed by atoms with E-state index in [2.05, 4.69) is 11.6 Å². The molecule has 1 saturated carbocycles. The third kappa shape index (κ3) is 8.06. The lowest BCUT2D eigenvalue weighted by atomic mass is 10.0. The third-order valence-electron chi connectivity index (χ3n) is 3.53. The molecule has 0 radical (unpaired) electrons. The van der Waals surface area contributed by atoms with E-state index in [1.165, 1.54) is 12.8 Å². The molecule has 0 spiro atoms. The Bertz CT molecular complexity index is 456. The second-order valence-corrected chi connectivity index (χ2v) is 7.19. The van der Waals surface area contributed by atoms with Crippen LogP contribution in [0.1, 0.15) is 51.4 Å². The van der Waals surface area contributed by atoms with Gasteiger partial charge < -0.3 is 11.5 Å². The molecule has 21 heavy (non-hydrogen) atoms. The molecule has 0 aromatic heterocycles. The molecule has 6 nitrogen and oxygen atoms in total. The van der Waals surface area contributed by atoms with Crippen molar-refractivity contribution in [2.24, 2.45) is 16.5 Å². The number of rotatable bonds is 6. The van der Waals surface area contributed by atoms with E-state index in [-0.39, 0.29) is 24.4 Å². The molecule has 7 heteroatoms. The molecule has 4 N–H and O–H groups in total. The minimum Gasteiger partial charge on any atom is -0.370 e. The van der Waals surface area contributed by atoms with Crippen molar-refractivity contribution in [3.05, 3.63) is 12.2 Å². The Hall–Kier alpha value is -1.08. The van der Waals surface area contributed by atoms with Crippen molar-refractivity contribution in [2.45, 2.75) is 57.5 Å². The zero-order valence-electron chi connectivity index (χ0n) is 12.6. The molecular formula is C14H27N3O3S. The van der Waals surface area contributed by atoms with Crippen LogP contribution in [0.3, 0.4) is 0 Å². The van der Waals surface area contributed by atoms with Gasteiger partial charge in [0.2, 0.25) is 0 Å². The molecule has 1 fully saturated rings. The maximum Gasteiger partial charge on any atom is 0.267 e. The first kappa shape index (κ1) is 18.0. The van der Waals surface area contributed by atoms with E-state index in [1.54, 1.807) is 0 Å². The Morgan fingerprint density at radius 2 is 1.90 bits per heavy atom. The smallest absolute Gasteiger partial charge is 0.267 e. The van der Waals surface area contributed by atoms with Crippen molar-refractivity contribution >= 4 is 16.1 Å². The van der Waals surface area contributed by atoms with Gasteiger partial charge in [0.1, 0.15) is 0 Å². The Kier molecular flexibility index (Phi) is 7.74. The number of guanidine groups is 1. The van der Waals surface area contributed by atoms with Gasteiger partial charge in [0.05, 0.1) is 11.9 Å².